The SMILES string of the molecule is CC[C@@H](C)N(Cc1ccc(OS(C)(=O)=O)cc1)S(=O)(=O)c1c(C)cc(C)cc1C. The van der Waals surface area contributed by atoms with E-state index in [2.05, 4.69) is 0 Å². The average molecular weight is 440 g/mol. The van der Waals surface area contributed by atoms with E-state index in [-0.39, 0.29) is 18.3 Å². The van der Waals surface area contributed by atoms with Gasteiger partial charge in [0.2, 0.25) is 10.0 Å². The van der Waals surface area contributed by atoms with E-state index in [0.717, 1.165) is 28.5 Å². The third kappa shape index (κ3) is 5.81. The van der Waals surface area contributed by atoms with Gasteiger partial charge < -0.3 is 4.18 Å². The minimum atomic E-state index is -3.72. The highest BCUT2D eigenvalue weighted by Crippen LogP contribution is 2.29. The van der Waals surface area contributed by atoms with Gasteiger partial charge in [0.1, 0.15) is 5.75 Å². The van der Waals surface area contributed by atoms with Crippen LogP contribution in [-0.4, -0.2) is 33.4 Å². The molecule has 6 nitrogen and oxygen atoms in total. The fourth-order valence-corrected chi connectivity index (χ4v) is 5.95. The molecule has 0 aliphatic carbocycles. The van der Waals surface area contributed by atoms with Crippen LogP contribution in [0.4, 0.5) is 0 Å². The Balaban J connectivity index is 2.42. The lowest BCUT2D eigenvalue weighted by molar-refractivity contribution is 0.322. The molecule has 0 radical (unpaired) electrons. The predicted octanol–water partition coefficient (Wildman–Crippen LogP) is 3.94. The Kier molecular flexibility index (Phi) is 7.14. The van der Waals surface area contributed by atoms with E-state index in [4.69, 9.17) is 4.18 Å². The highest BCUT2D eigenvalue weighted by Gasteiger charge is 2.31. The molecule has 0 aliphatic heterocycles. The zero-order valence-corrected chi connectivity index (χ0v) is 19.4. The Hall–Kier alpha value is -1.90. The molecule has 0 unspecified atom stereocenters. The lowest BCUT2D eigenvalue weighted by atomic mass is 10.1. The van der Waals surface area contributed by atoms with Crippen LogP contribution in [0.3, 0.4) is 0 Å². The summed E-state index contributed by atoms with van der Waals surface area (Å²) in [5.41, 5.74) is 3.23. The number of aryl methyl sites for hydroxylation is 3. The van der Waals surface area contributed by atoms with Crippen molar-refractivity contribution < 1.29 is 21.0 Å². The van der Waals surface area contributed by atoms with Crippen molar-refractivity contribution in [1.82, 2.24) is 4.31 Å². The molecule has 0 amide bonds. The van der Waals surface area contributed by atoms with Crippen molar-refractivity contribution in [1.29, 1.82) is 0 Å². The van der Waals surface area contributed by atoms with Crippen molar-refractivity contribution >= 4 is 20.1 Å². The fourth-order valence-electron chi connectivity index (χ4n) is 3.38. The minimum absolute atomic E-state index is 0.184. The van der Waals surface area contributed by atoms with Crippen LogP contribution in [0.1, 0.15) is 42.5 Å². The average Bonchev–Trinajstić information content (AvgIpc) is 2.57. The van der Waals surface area contributed by atoms with E-state index >= 15 is 0 Å². The Labute approximate surface area is 174 Å². The monoisotopic (exact) mass is 439 g/mol. The van der Waals surface area contributed by atoms with Crippen LogP contribution in [0.25, 0.3) is 0 Å². The Morgan fingerprint density at radius 1 is 0.966 bits per heavy atom. The van der Waals surface area contributed by atoms with Crippen LogP contribution < -0.4 is 4.18 Å². The van der Waals surface area contributed by atoms with Gasteiger partial charge in [0.15, 0.2) is 0 Å². The molecular weight excluding hydrogens is 410 g/mol. The summed E-state index contributed by atoms with van der Waals surface area (Å²) in [6, 6.07) is 9.98. The Bertz CT molecular complexity index is 1050. The molecule has 0 saturated carbocycles. The molecular formula is C21H29NO5S2. The van der Waals surface area contributed by atoms with E-state index in [1.807, 2.05) is 46.8 Å². The molecule has 0 aromatic heterocycles. The van der Waals surface area contributed by atoms with Crippen molar-refractivity contribution in [2.45, 2.75) is 58.5 Å². The molecule has 0 aliphatic rings. The first-order chi connectivity index (χ1) is 13.3. The summed E-state index contributed by atoms with van der Waals surface area (Å²) in [4.78, 5) is 0.348. The van der Waals surface area contributed by atoms with Crippen molar-refractivity contribution in [2.75, 3.05) is 6.26 Å². The maximum Gasteiger partial charge on any atom is 0.306 e. The standard InChI is InChI=1S/C21H29NO5S2/c1-7-18(5)22(14-19-8-10-20(11-9-19)27-28(6,23)24)29(25,26)21-16(3)12-15(2)13-17(21)4/h8-13,18H,7,14H2,1-6H3/t18-/m1/s1. The third-order valence-corrected chi connectivity index (χ3v) is 7.52. The molecule has 0 spiro atoms. The zero-order chi connectivity index (χ0) is 22.0. The van der Waals surface area contributed by atoms with E-state index in [9.17, 15) is 16.8 Å². The highest BCUT2D eigenvalue weighted by atomic mass is 32.2. The fraction of sp³-hybridized carbons (Fsp3) is 0.429. The van der Waals surface area contributed by atoms with Crippen LogP contribution in [0, 0.1) is 20.8 Å². The van der Waals surface area contributed by atoms with Gasteiger partial charge in [-0.15, -0.1) is 0 Å². The third-order valence-electron chi connectivity index (χ3n) is 4.76. The molecule has 2 rings (SSSR count). The maximum atomic E-state index is 13.6. The van der Waals surface area contributed by atoms with Crippen molar-refractivity contribution in [2.24, 2.45) is 0 Å². The Morgan fingerprint density at radius 2 is 1.48 bits per heavy atom. The van der Waals surface area contributed by atoms with Crippen LogP contribution in [0.5, 0.6) is 5.75 Å². The lowest BCUT2D eigenvalue weighted by Crippen LogP contribution is -2.38. The second-order valence-corrected chi connectivity index (χ2v) is 10.9. The first-order valence-corrected chi connectivity index (χ1v) is 12.7. The summed E-state index contributed by atoms with van der Waals surface area (Å²) >= 11 is 0. The zero-order valence-electron chi connectivity index (χ0n) is 17.8. The predicted molar refractivity (Wildman–Crippen MR) is 115 cm³/mol. The minimum Gasteiger partial charge on any atom is -0.383 e. The summed E-state index contributed by atoms with van der Waals surface area (Å²) in [6.07, 6.45) is 1.64. The molecule has 0 saturated heterocycles. The lowest BCUT2D eigenvalue weighted by Gasteiger charge is -2.29. The van der Waals surface area contributed by atoms with Gasteiger partial charge in [-0.3, -0.25) is 0 Å². The van der Waals surface area contributed by atoms with Crippen LogP contribution >= 0.6 is 0 Å². The number of hydrogen-bond donors (Lipinski definition) is 0. The molecule has 0 N–H and O–H groups in total. The summed E-state index contributed by atoms with van der Waals surface area (Å²) in [6.45, 7) is 9.60. The number of benzene rings is 2. The summed E-state index contributed by atoms with van der Waals surface area (Å²) in [5.74, 6) is 0.194. The molecule has 0 fully saturated rings. The topological polar surface area (TPSA) is 80.8 Å². The van der Waals surface area contributed by atoms with E-state index in [0.29, 0.717) is 11.3 Å². The number of sulfonamides is 1. The van der Waals surface area contributed by atoms with Crippen molar-refractivity contribution in [3.8, 4) is 5.75 Å². The molecule has 160 valence electrons. The smallest absolute Gasteiger partial charge is 0.306 e. The van der Waals surface area contributed by atoms with Gasteiger partial charge in [-0.25, -0.2) is 8.42 Å². The summed E-state index contributed by atoms with van der Waals surface area (Å²) < 4.78 is 56.0. The van der Waals surface area contributed by atoms with Gasteiger partial charge in [0, 0.05) is 12.6 Å². The van der Waals surface area contributed by atoms with Gasteiger partial charge >= 0.3 is 10.1 Å². The highest BCUT2D eigenvalue weighted by molar-refractivity contribution is 7.89. The maximum absolute atomic E-state index is 13.6. The van der Waals surface area contributed by atoms with Gasteiger partial charge in [-0.1, -0.05) is 36.8 Å². The Morgan fingerprint density at radius 3 is 1.93 bits per heavy atom. The van der Waals surface area contributed by atoms with E-state index in [1.165, 1.54) is 16.4 Å². The second-order valence-electron chi connectivity index (χ2n) is 7.47. The number of nitrogens with zero attached hydrogens (tertiary/aromatic N) is 1. The second kappa shape index (κ2) is 8.85. The van der Waals surface area contributed by atoms with Crippen LogP contribution in [-0.2, 0) is 26.7 Å². The molecule has 29 heavy (non-hydrogen) atoms. The van der Waals surface area contributed by atoms with Gasteiger partial charge in [-0.2, -0.15) is 12.7 Å². The molecule has 0 bridgehead atoms. The first-order valence-electron chi connectivity index (χ1n) is 9.43. The number of rotatable bonds is 8. The van der Waals surface area contributed by atoms with Gasteiger partial charge in [0.25, 0.3) is 0 Å². The normalized spacial score (nSPS) is 13.5. The van der Waals surface area contributed by atoms with Gasteiger partial charge in [-0.05, 0) is 62.9 Å². The van der Waals surface area contributed by atoms with Gasteiger partial charge in [0.05, 0.1) is 11.2 Å². The first kappa shape index (κ1) is 23.4. The van der Waals surface area contributed by atoms with Crippen LogP contribution in [0.2, 0.25) is 0 Å². The van der Waals surface area contributed by atoms with Crippen molar-refractivity contribution in [3.63, 3.8) is 0 Å². The molecule has 1 atom stereocenters. The molecule has 8 heteroatoms. The van der Waals surface area contributed by atoms with Crippen LogP contribution in [0.15, 0.2) is 41.3 Å². The quantitative estimate of drug-likeness (QED) is 0.582. The number of hydrogen-bond acceptors (Lipinski definition) is 5. The van der Waals surface area contributed by atoms with E-state index < -0.39 is 20.1 Å². The summed E-state index contributed by atoms with van der Waals surface area (Å²) in [5, 5.41) is 0. The van der Waals surface area contributed by atoms with E-state index in [1.54, 1.807) is 12.1 Å². The van der Waals surface area contributed by atoms with Crippen molar-refractivity contribution in [3.05, 3.63) is 58.7 Å². The summed E-state index contributed by atoms with van der Waals surface area (Å²) in [7, 11) is -7.33. The molecule has 2 aromatic carbocycles. The molecule has 2 aromatic rings. The largest absolute Gasteiger partial charge is 0.383 e. The molecule has 0 heterocycles.